The minimum atomic E-state index is -0.195. The summed E-state index contributed by atoms with van der Waals surface area (Å²) in [7, 11) is 0. The van der Waals surface area contributed by atoms with Gasteiger partial charge in [0, 0.05) is 0 Å². The predicted molar refractivity (Wildman–Crippen MR) is 201 cm³/mol. The molecule has 0 amide bonds. The molecule has 3 aromatic carbocycles. The third-order valence-corrected chi connectivity index (χ3v) is 11.4. The molecule has 0 bridgehead atoms. The second kappa shape index (κ2) is 14.4. The Kier molecular flexibility index (Phi) is 12.0. The zero-order chi connectivity index (χ0) is 32.0. The summed E-state index contributed by atoms with van der Waals surface area (Å²) < 4.78 is 1.42. The molecular weight excluding hydrogens is 679 g/mol. The van der Waals surface area contributed by atoms with E-state index in [1.54, 1.807) is 0 Å². The van der Waals surface area contributed by atoms with Crippen molar-refractivity contribution in [3.63, 3.8) is 0 Å². The van der Waals surface area contributed by atoms with Crippen LogP contribution >= 0.6 is 24.8 Å². The molecule has 3 aromatic rings. The Hall–Kier alpha value is -2.31. The van der Waals surface area contributed by atoms with Gasteiger partial charge < -0.3 is 0 Å². The number of hydrogen-bond donors (Lipinski definition) is 0. The summed E-state index contributed by atoms with van der Waals surface area (Å²) >= 11 is 1.46. The van der Waals surface area contributed by atoms with Crippen LogP contribution in [-0.4, -0.2) is 3.21 Å². The van der Waals surface area contributed by atoms with E-state index in [9.17, 15) is 0 Å². The van der Waals surface area contributed by atoms with Crippen LogP contribution < -0.4 is 10.4 Å². The number of rotatable bonds is 3. The van der Waals surface area contributed by atoms with Crippen molar-refractivity contribution >= 4 is 39.7 Å². The first-order valence-electron chi connectivity index (χ1n) is 16.0. The van der Waals surface area contributed by atoms with Crippen molar-refractivity contribution in [3.05, 3.63) is 152 Å². The van der Waals surface area contributed by atoms with Crippen LogP contribution in [0.15, 0.2) is 119 Å². The molecule has 0 radical (unpaired) electrons. The molecule has 46 heavy (non-hydrogen) atoms. The Balaban J connectivity index is 0.000000304. The van der Waals surface area contributed by atoms with Crippen LogP contribution in [0.5, 0.6) is 0 Å². The topological polar surface area (TPSA) is 0 Å². The molecule has 6 rings (SSSR count). The van der Waals surface area contributed by atoms with Crippen molar-refractivity contribution in [3.8, 4) is 0 Å². The summed E-state index contributed by atoms with van der Waals surface area (Å²) in [5.74, 6) is 0.458. The van der Waals surface area contributed by atoms with Gasteiger partial charge in [-0.05, 0) is 59.6 Å². The third-order valence-electron chi connectivity index (χ3n) is 10.0. The molecular formula is C43H49Cl2Zr-. The molecule has 3 aliphatic carbocycles. The van der Waals surface area contributed by atoms with Gasteiger partial charge in [-0.25, -0.2) is 0 Å². The predicted octanol–water partition coefficient (Wildman–Crippen LogP) is 10.2. The maximum absolute atomic E-state index is 4.07. The molecule has 0 N–H and O–H groups in total. The fourth-order valence-corrected chi connectivity index (χ4v) is 7.71. The van der Waals surface area contributed by atoms with Crippen LogP contribution in [-0.2, 0) is 29.7 Å². The zero-order valence-electron chi connectivity index (χ0n) is 29.1. The van der Waals surface area contributed by atoms with Crippen molar-refractivity contribution in [2.24, 2.45) is 16.7 Å². The quantitative estimate of drug-likeness (QED) is 0.236. The SMILES string of the molecule is CC1=C(C)C(C)C(C2(C(C)(C)C)[C-]=C3C=c4cc(C(C)(C)C)ccc4=C3C=C2)=C1C.Cl.Cl.[Zr]=[C](c1ccccc1)c1ccccc1. The van der Waals surface area contributed by atoms with Gasteiger partial charge in [0.1, 0.15) is 0 Å². The summed E-state index contributed by atoms with van der Waals surface area (Å²) in [6, 6.07) is 28.1. The van der Waals surface area contributed by atoms with E-state index in [0.29, 0.717) is 5.92 Å². The van der Waals surface area contributed by atoms with Gasteiger partial charge in [-0.2, -0.15) is 17.7 Å². The fraction of sp³-hybridized carbons (Fsp3) is 0.326. The average Bonchev–Trinajstić information content (AvgIpc) is 3.45. The minimum absolute atomic E-state index is 0. The van der Waals surface area contributed by atoms with Crippen LogP contribution in [0.3, 0.4) is 0 Å². The van der Waals surface area contributed by atoms with Crippen LogP contribution in [0.2, 0.25) is 0 Å². The van der Waals surface area contributed by atoms with Gasteiger partial charge in [-0.3, -0.25) is 0 Å². The van der Waals surface area contributed by atoms with E-state index in [4.69, 9.17) is 0 Å². The standard InChI is InChI=1S/C30H37.C13H10.2ClH.Zr/c1-18-19(2)21(4)27(20(18)3)30(29(8,9)10)14-13-26-23(17-30)15-22-16-24(28(5,6)7)11-12-25(22)26;1-3-7-12(8-4-1)11-13-9-5-2-6-10-13;;;/h11-16,20H,1-10H3;1-10H;2*1H;/q-1;;;;. The van der Waals surface area contributed by atoms with Gasteiger partial charge in [-0.1, -0.05) is 94.3 Å². The molecule has 0 nitrogen and oxygen atoms in total. The van der Waals surface area contributed by atoms with Crippen molar-refractivity contribution in [1.29, 1.82) is 0 Å². The molecule has 2 unspecified atom stereocenters. The van der Waals surface area contributed by atoms with E-state index in [1.165, 1.54) is 88.0 Å². The second-order valence-corrected chi connectivity index (χ2v) is 15.9. The first-order valence-corrected chi connectivity index (χ1v) is 17.2. The van der Waals surface area contributed by atoms with Gasteiger partial charge in [0.25, 0.3) is 0 Å². The van der Waals surface area contributed by atoms with Crippen molar-refractivity contribution < 1.29 is 24.2 Å². The van der Waals surface area contributed by atoms with Gasteiger partial charge in [-0.15, -0.1) is 36.5 Å². The Labute approximate surface area is 305 Å². The monoisotopic (exact) mass is 725 g/mol. The Bertz CT molecular complexity index is 1810. The zero-order valence-corrected chi connectivity index (χ0v) is 33.2. The van der Waals surface area contributed by atoms with E-state index >= 15 is 0 Å². The summed E-state index contributed by atoms with van der Waals surface area (Å²) in [6.45, 7) is 23.2. The van der Waals surface area contributed by atoms with Crippen LogP contribution in [0, 0.1) is 22.8 Å². The second-order valence-electron chi connectivity index (χ2n) is 14.7. The summed E-state index contributed by atoms with van der Waals surface area (Å²) in [5, 5.41) is 2.69. The van der Waals surface area contributed by atoms with Gasteiger partial charge >= 0.3 is 99.2 Å². The molecule has 0 heterocycles. The third kappa shape index (κ3) is 7.09. The molecule has 2 atom stereocenters. The molecule has 3 aliphatic rings. The van der Waals surface area contributed by atoms with Gasteiger partial charge in [0.15, 0.2) is 0 Å². The maximum atomic E-state index is 4.07. The molecule has 0 aliphatic heterocycles. The Morgan fingerprint density at radius 2 is 1.30 bits per heavy atom. The number of halogens is 2. The van der Waals surface area contributed by atoms with Gasteiger partial charge in [0.2, 0.25) is 0 Å². The molecule has 0 saturated carbocycles. The summed E-state index contributed by atoms with van der Waals surface area (Å²) in [5.41, 5.74) is 12.6. The van der Waals surface area contributed by atoms with Crippen LogP contribution in [0.1, 0.15) is 85.9 Å². The summed E-state index contributed by atoms with van der Waals surface area (Å²) in [4.78, 5) is 0. The van der Waals surface area contributed by atoms with Gasteiger partial charge in [0.05, 0.1) is 0 Å². The van der Waals surface area contributed by atoms with E-state index in [2.05, 4.69) is 172 Å². The van der Waals surface area contributed by atoms with Crippen molar-refractivity contribution in [1.82, 2.24) is 0 Å². The first kappa shape index (κ1) is 38.1. The van der Waals surface area contributed by atoms with Crippen LogP contribution in [0.25, 0.3) is 11.6 Å². The molecule has 0 saturated heterocycles. The normalized spacial score (nSPS) is 20.0. The van der Waals surface area contributed by atoms with E-state index in [0.717, 1.165) is 0 Å². The van der Waals surface area contributed by atoms with E-state index in [1.807, 2.05) is 0 Å². The number of fused-ring (bicyclic) bond motifs is 2. The van der Waals surface area contributed by atoms with Crippen molar-refractivity contribution in [2.45, 2.75) is 74.7 Å². The average molecular weight is 728 g/mol. The number of benzene rings is 3. The molecule has 240 valence electrons. The van der Waals surface area contributed by atoms with E-state index in [-0.39, 0.29) is 41.1 Å². The Morgan fingerprint density at radius 1 is 0.761 bits per heavy atom. The van der Waals surface area contributed by atoms with Crippen molar-refractivity contribution in [2.75, 3.05) is 0 Å². The van der Waals surface area contributed by atoms with E-state index < -0.39 is 0 Å². The Morgan fingerprint density at radius 3 is 1.76 bits per heavy atom. The number of hydrogen-bond acceptors (Lipinski definition) is 0. The fourth-order valence-electron chi connectivity index (χ4n) is 6.89. The molecule has 0 aromatic heterocycles. The molecule has 0 spiro atoms. The molecule has 3 heteroatoms. The first-order chi connectivity index (χ1) is 20.7. The summed E-state index contributed by atoms with van der Waals surface area (Å²) in [6.07, 6.45) is 11.3. The van der Waals surface area contributed by atoms with Crippen LogP contribution in [0.4, 0.5) is 0 Å². The molecule has 0 fully saturated rings. The number of allylic oxidation sites excluding steroid dienone is 8.